The van der Waals surface area contributed by atoms with Crippen molar-refractivity contribution in [3.05, 3.63) is 162 Å². The minimum Gasteiger partial charge on any atom is -0.456 e. The van der Waals surface area contributed by atoms with E-state index < -0.39 is 0 Å². The van der Waals surface area contributed by atoms with Crippen LogP contribution >= 0.6 is 0 Å². The Bertz CT molecular complexity index is 2600. The van der Waals surface area contributed by atoms with Crippen molar-refractivity contribution in [1.29, 1.82) is 0 Å². The van der Waals surface area contributed by atoms with Gasteiger partial charge in [0, 0.05) is 38.5 Å². The Hall–Kier alpha value is -5.60. The molecule has 10 rings (SSSR count). The summed E-state index contributed by atoms with van der Waals surface area (Å²) in [6, 6.07) is 54.1. The van der Waals surface area contributed by atoms with E-state index in [2.05, 4.69) is 158 Å². The van der Waals surface area contributed by atoms with Crippen LogP contribution in [0.2, 0.25) is 0 Å². The molecule has 0 bridgehead atoms. The molecule has 2 aliphatic rings. The SMILES string of the molecule is CC1(C)c2ccccc2-c2ccc(N(c3ccc(C4CCCCC4)cc3)c3c(-c4ccc5c(c4)oc4ccccc45)ccc4ccccc34)cc21. The summed E-state index contributed by atoms with van der Waals surface area (Å²) in [4.78, 5) is 2.52. The maximum absolute atomic E-state index is 6.43. The van der Waals surface area contributed by atoms with Crippen LogP contribution in [0.3, 0.4) is 0 Å². The van der Waals surface area contributed by atoms with Gasteiger partial charge in [-0.05, 0) is 100.0 Å². The lowest BCUT2D eigenvalue weighted by molar-refractivity contribution is 0.443. The summed E-state index contributed by atoms with van der Waals surface area (Å²) < 4.78 is 6.43. The Morgan fingerprint density at radius 1 is 0.529 bits per heavy atom. The van der Waals surface area contributed by atoms with Crippen molar-refractivity contribution in [2.24, 2.45) is 0 Å². The van der Waals surface area contributed by atoms with Gasteiger partial charge in [-0.15, -0.1) is 0 Å². The Balaban J connectivity index is 1.21. The zero-order chi connectivity index (χ0) is 34.1. The summed E-state index contributed by atoms with van der Waals surface area (Å²) in [5, 5.41) is 4.74. The van der Waals surface area contributed by atoms with Crippen molar-refractivity contribution < 1.29 is 4.42 Å². The molecule has 1 aromatic heterocycles. The molecule has 1 saturated carbocycles. The van der Waals surface area contributed by atoms with Gasteiger partial charge in [0.15, 0.2) is 0 Å². The predicted molar refractivity (Wildman–Crippen MR) is 215 cm³/mol. The third kappa shape index (κ3) is 4.84. The fraction of sp³-hybridized carbons (Fsp3) is 0.184. The zero-order valence-electron chi connectivity index (χ0n) is 29.3. The quantitative estimate of drug-likeness (QED) is 0.183. The molecule has 0 saturated heterocycles. The highest BCUT2D eigenvalue weighted by molar-refractivity contribution is 6.09. The maximum Gasteiger partial charge on any atom is 0.136 e. The van der Waals surface area contributed by atoms with Crippen LogP contribution in [0.25, 0.3) is 55.0 Å². The molecular formula is C49H41NO. The minimum absolute atomic E-state index is 0.105. The molecule has 0 amide bonds. The molecule has 8 aromatic rings. The van der Waals surface area contributed by atoms with Gasteiger partial charge in [0.1, 0.15) is 11.2 Å². The van der Waals surface area contributed by atoms with Crippen LogP contribution in [0.15, 0.2) is 150 Å². The van der Waals surface area contributed by atoms with E-state index in [1.807, 2.05) is 6.07 Å². The molecule has 7 aromatic carbocycles. The molecule has 0 atom stereocenters. The Morgan fingerprint density at radius 2 is 1.22 bits per heavy atom. The van der Waals surface area contributed by atoms with E-state index in [1.165, 1.54) is 93.3 Å². The molecular weight excluding hydrogens is 619 g/mol. The number of hydrogen-bond donors (Lipinski definition) is 0. The number of anilines is 3. The van der Waals surface area contributed by atoms with Gasteiger partial charge in [-0.25, -0.2) is 0 Å². The lowest BCUT2D eigenvalue weighted by atomic mass is 9.82. The van der Waals surface area contributed by atoms with Gasteiger partial charge in [-0.2, -0.15) is 0 Å². The molecule has 1 heterocycles. The number of fused-ring (bicyclic) bond motifs is 7. The summed E-state index contributed by atoms with van der Waals surface area (Å²) in [7, 11) is 0. The molecule has 0 aliphatic heterocycles. The van der Waals surface area contributed by atoms with E-state index in [4.69, 9.17) is 4.42 Å². The summed E-state index contributed by atoms with van der Waals surface area (Å²) in [6.07, 6.45) is 6.62. The van der Waals surface area contributed by atoms with Crippen molar-refractivity contribution in [3.8, 4) is 22.3 Å². The van der Waals surface area contributed by atoms with E-state index in [0.29, 0.717) is 5.92 Å². The second-order valence-electron chi connectivity index (χ2n) is 15.2. The van der Waals surface area contributed by atoms with Gasteiger partial charge in [-0.3, -0.25) is 0 Å². The first-order valence-electron chi connectivity index (χ1n) is 18.6. The second kappa shape index (κ2) is 11.7. The summed E-state index contributed by atoms with van der Waals surface area (Å²) >= 11 is 0. The van der Waals surface area contributed by atoms with E-state index in [0.717, 1.165) is 27.5 Å². The van der Waals surface area contributed by atoms with Crippen LogP contribution in [0, 0.1) is 0 Å². The maximum atomic E-state index is 6.43. The zero-order valence-corrected chi connectivity index (χ0v) is 29.3. The number of para-hydroxylation sites is 1. The van der Waals surface area contributed by atoms with Gasteiger partial charge in [0.25, 0.3) is 0 Å². The van der Waals surface area contributed by atoms with Gasteiger partial charge < -0.3 is 9.32 Å². The number of rotatable bonds is 5. The average Bonchev–Trinajstić information content (AvgIpc) is 3.67. The Morgan fingerprint density at radius 3 is 2.08 bits per heavy atom. The van der Waals surface area contributed by atoms with Crippen LogP contribution in [0.4, 0.5) is 17.1 Å². The molecule has 2 nitrogen and oxygen atoms in total. The first kappa shape index (κ1) is 30.2. The number of nitrogens with zero attached hydrogens (tertiary/aromatic N) is 1. The van der Waals surface area contributed by atoms with Gasteiger partial charge in [0.05, 0.1) is 5.69 Å². The van der Waals surface area contributed by atoms with E-state index in [1.54, 1.807) is 0 Å². The first-order chi connectivity index (χ1) is 25.0. The second-order valence-corrected chi connectivity index (χ2v) is 15.2. The van der Waals surface area contributed by atoms with Gasteiger partial charge >= 0.3 is 0 Å². The van der Waals surface area contributed by atoms with Gasteiger partial charge in [0.2, 0.25) is 0 Å². The summed E-state index contributed by atoms with van der Waals surface area (Å²) in [6.45, 7) is 4.74. The van der Waals surface area contributed by atoms with Gasteiger partial charge in [-0.1, -0.05) is 136 Å². The highest BCUT2D eigenvalue weighted by Crippen LogP contribution is 2.52. The van der Waals surface area contributed by atoms with Crippen LogP contribution in [-0.4, -0.2) is 0 Å². The van der Waals surface area contributed by atoms with E-state index in [-0.39, 0.29) is 5.41 Å². The minimum atomic E-state index is -0.105. The molecule has 248 valence electrons. The number of furan rings is 1. The topological polar surface area (TPSA) is 16.4 Å². The Labute approximate surface area is 300 Å². The van der Waals surface area contributed by atoms with Crippen molar-refractivity contribution in [1.82, 2.24) is 0 Å². The molecule has 0 unspecified atom stereocenters. The van der Waals surface area contributed by atoms with E-state index in [9.17, 15) is 0 Å². The monoisotopic (exact) mass is 659 g/mol. The Kier molecular flexibility index (Phi) is 6.96. The fourth-order valence-electron chi connectivity index (χ4n) is 9.19. The fourth-order valence-corrected chi connectivity index (χ4v) is 9.19. The lowest BCUT2D eigenvalue weighted by Gasteiger charge is -2.31. The number of benzene rings is 7. The molecule has 0 radical (unpaired) electrons. The first-order valence-corrected chi connectivity index (χ1v) is 18.6. The van der Waals surface area contributed by atoms with Crippen molar-refractivity contribution in [2.75, 3.05) is 4.90 Å². The third-order valence-corrected chi connectivity index (χ3v) is 11.9. The highest BCUT2D eigenvalue weighted by Gasteiger charge is 2.36. The summed E-state index contributed by atoms with van der Waals surface area (Å²) in [5.74, 6) is 0.657. The smallest absolute Gasteiger partial charge is 0.136 e. The van der Waals surface area contributed by atoms with E-state index >= 15 is 0 Å². The standard InChI is InChI=1S/C49H41NO/c1-49(2)44-18-10-8-16-40(44)41-29-26-37(31-45(41)49)50(36-24-20-33(21-25-36)32-12-4-3-5-13-32)48-38-15-7-6-14-34(38)22-27-39(48)35-23-28-43-42-17-9-11-19-46(42)51-47(43)30-35/h6-11,14-32H,3-5,12-13H2,1-2H3. The predicted octanol–water partition coefficient (Wildman–Crippen LogP) is 14.2. The molecule has 0 N–H and O–H groups in total. The molecule has 2 heteroatoms. The number of hydrogen-bond acceptors (Lipinski definition) is 2. The van der Waals surface area contributed by atoms with Crippen molar-refractivity contribution in [3.63, 3.8) is 0 Å². The molecule has 51 heavy (non-hydrogen) atoms. The average molecular weight is 660 g/mol. The van der Waals surface area contributed by atoms with Crippen LogP contribution < -0.4 is 4.90 Å². The third-order valence-electron chi connectivity index (χ3n) is 11.9. The van der Waals surface area contributed by atoms with Crippen LogP contribution in [-0.2, 0) is 5.41 Å². The van der Waals surface area contributed by atoms with Crippen molar-refractivity contribution in [2.45, 2.75) is 57.3 Å². The largest absolute Gasteiger partial charge is 0.456 e. The molecule has 0 spiro atoms. The van der Waals surface area contributed by atoms with Crippen LogP contribution in [0.1, 0.15) is 68.6 Å². The normalized spacial score (nSPS) is 15.3. The highest BCUT2D eigenvalue weighted by atomic mass is 16.3. The summed E-state index contributed by atoms with van der Waals surface area (Å²) in [5.41, 5.74) is 14.5. The van der Waals surface area contributed by atoms with Crippen LogP contribution in [0.5, 0.6) is 0 Å². The lowest BCUT2D eigenvalue weighted by Crippen LogP contribution is -2.17. The molecule has 2 aliphatic carbocycles. The van der Waals surface area contributed by atoms with Crippen molar-refractivity contribution >= 4 is 49.8 Å². The molecule has 1 fully saturated rings.